The number of carbonyl (C=O) groups is 1. The minimum Gasteiger partial charge on any atom is -0.352 e. The fraction of sp³-hybridized carbons (Fsp3) is 0.312. The van der Waals surface area contributed by atoms with Crippen molar-refractivity contribution in [2.75, 3.05) is 18.0 Å². The van der Waals surface area contributed by atoms with Gasteiger partial charge in [-0.1, -0.05) is 6.58 Å². The molecule has 2 aromatic rings. The summed E-state index contributed by atoms with van der Waals surface area (Å²) in [5.74, 6) is 0.764. The summed E-state index contributed by atoms with van der Waals surface area (Å²) in [7, 11) is 0. The molecule has 1 aliphatic heterocycles. The summed E-state index contributed by atoms with van der Waals surface area (Å²) in [4.78, 5) is 17.1. The summed E-state index contributed by atoms with van der Waals surface area (Å²) in [5.41, 5.74) is 0.458. The molecule has 8 heteroatoms. The van der Waals surface area contributed by atoms with Crippen LogP contribution in [0.2, 0.25) is 0 Å². The molecule has 0 spiro atoms. The minimum atomic E-state index is -2.59. The molecule has 0 aromatic carbocycles. The van der Waals surface area contributed by atoms with Gasteiger partial charge in [-0.25, -0.2) is 13.5 Å². The number of nitrogens with zero attached hydrogens (tertiary/aromatic N) is 4. The van der Waals surface area contributed by atoms with E-state index >= 15 is 0 Å². The van der Waals surface area contributed by atoms with Crippen molar-refractivity contribution in [3.63, 3.8) is 0 Å². The summed E-state index contributed by atoms with van der Waals surface area (Å²) in [6.07, 6.45) is 1.76. The third-order valence-corrected chi connectivity index (χ3v) is 3.90. The van der Waals surface area contributed by atoms with Gasteiger partial charge in [0.15, 0.2) is 0 Å². The van der Waals surface area contributed by atoms with E-state index in [-0.39, 0.29) is 17.5 Å². The number of halogens is 2. The lowest BCUT2D eigenvalue weighted by Gasteiger charge is -2.34. The van der Waals surface area contributed by atoms with Crippen molar-refractivity contribution in [2.45, 2.75) is 13.0 Å². The van der Waals surface area contributed by atoms with E-state index < -0.39 is 6.43 Å². The molecule has 0 saturated carbocycles. The van der Waals surface area contributed by atoms with Crippen LogP contribution >= 0.6 is 0 Å². The smallest absolute Gasteiger partial charge is 0.280 e. The molecule has 0 aliphatic carbocycles. The van der Waals surface area contributed by atoms with Crippen LogP contribution in [0, 0.1) is 5.92 Å². The fourth-order valence-corrected chi connectivity index (χ4v) is 2.72. The Labute approximate surface area is 137 Å². The van der Waals surface area contributed by atoms with Crippen LogP contribution in [0.5, 0.6) is 0 Å². The molecule has 0 saturated heterocycles. The molecule has 126 valence electrons. The van der Waals surface area contributed by atoms with Gasteiger partial charge in [0.05, 0.1) is 18.1 Å². The van der Waals surface area contributed by atoms with Crippen molar-refractivity contribution in [3.05, 3.63) is 48.9 Å². The van der Waals surface area contributed by atoms with E-state index in [0.29, 0.717) is 25.3 Å². The van der Waals surface area contributed by atoms with E-state index in [1.165, 1.54) is 18.3 Å². The Morgan fingerprint density at radius 2 is 2.25 bits per heavy atom. The lowest BCUT2D eigenvalue weighted by atomic mass is 10.1. The van der Waals surface area contributed by atoms with E-state index in [1.54, 1.807) is 12.3 Å². The molecule has 0 fully saturated rings. The SMILES string of the molecule is C=CC(=O)NCC1CN(c2ccc(C(F)F)nc2)c2ccnn2C1. The second-order valence-electron chi connectivity index (χ2n) is 5.54. The summed E-state index contributed by atoms with van der Waals surface area (Å²) >= 11 is 0. The number of hydrogen-bond donors (Lipinski definition) is 1. The standard InChI is InChI=1S/C16H17F2N5O/c1-2-14(24)20-7-11-9-22(15-5-6-21-23(15)10-11)12-3-4-13(16(17)18)19-8-12/h2-6,8,11,16H,1,7,9-10H2,(H,20,24). The zero-order chi connectivity index (χ0) is 17.1. The number of fused-ring (bicyclic) bond motifs is 1. The zero-order valence-electron chi connectivity index (χ0n) is 12.9. The van der Waals surface area contributed by atoms with Crippen LogP contribution in [0.25, 0.3) is 0 Å². The Kier molecular flexibility index (Phi) is 4.54. The highest BCUT2D eigenvalue weighted by Crippen LogP contribution is 2.31. The van der Waals surface area contributed by atoms with Crippen LogP contribution in [0.4, 0.5) is 20.3 Å². The van der Waals surface area contributed by atoms with Crippen LogP contribution in [-0.4, -0.2) is 33.8 Å². The molecular weight excluding hydrogens is 316 g/mol. The van der Waals surface area contributed by atoms with Gasteiger partial charge in [0, 0.05) is 31.6 Å². The number of amides is 1. The number of anilines is 2. The number of hydrogen-bond acceptors (Lipinski definition) is 4. The second kappa shape index (κ2) is 6.77. The van der Waals surface area contributed by atoms with Crippen LogP contribution in [0.15, 0.2) is 43.2 Å². The molecule has 2 aromatic heterocycles. The van der Waals surface area contributed by atoms with E-state index in [1.807, 2.05) is 15.6 Å². The van der Waals surface area contributed by atoms with Gasteiger partial charge in [0.1, 0.15) is 11.5 Å². The largest absolute Gasteiger partial charge is 0.352 e. The Morgan fingerprint density at radius 3 is 2.92 bits per heavy atom. The van der Waals surface area contributed by atoms with Crippen LogP contribution in [-0.2, 0) is 11.3 Å². The summed E-state index contributed by atoms with van der Waals surface area (Å²) < 4.78 is 27.2. The molecular formula is C16H17F2N5O. The van der Waals surface area contributed by atoms with E-state index in [9.17, 15) is 13.6 Å². The maximum Gasteiger partial charge on any atom is 0.280 e. The molecule has 3 rings (SSSR count). The molecule has 1 unspecified atom stereocenters. The fourth-order valence-electron chi connectivity index (χ4n) is 2.72. The molecule has 1 N–H and O–H groups in total. The number of pyridine rings is 1. The number of nitrogens with one attached hydrogen (secondary N) is 1. The predicted molar refractivity (Wildman–Crippen MR) is 85.1 cm³/mol. The molecule has 6 nitrogen and oxygen atoms in total. The zero-order valence-corrected chi connectivity index (χ0v) is 12.9. The van der Waals surface area contributed by atoms with Gasteiger partial charge >= 0.3 is 0 Å². The minimum absolute atomic E-state index is 0.121. The second-order valence-corrected chi connectivity index (χ2v) is 5.54. The molecule has 24 heavy (non-hydrogen) atoms. The molecule has 0 bridgehead atoms. The predicted octanol–water partition coefficient (Wildman–Crippen LogP) is 2.29. The van der Waals surface area contributed by atoms with Crippen molar-refractivity contribution in [1.82, 2.24) is 20.1 Å². The van der Waals surface area contributed by atoms with Crippen molar-refractivity contribution in [3.8, 4) is 0 Å². The molecule has 3 heterocycles. The summed E-state index contributed by atoms with van der Waals surface area (Å²) in [6.45, 7) is 5.19. The molecule has 1 amide bonds. The summed E-state index contributed by atoms with van der Waals surface area (Å²) in [6, 6.07) is 4.81. The number of aromatic nitrogens is 3. The Balaban J connectivity index is 1.81. The van der Waals surface area contributed by atoms with Gasteiger partial charge in [-0.3, -0.25) is 9.78 Å². The normalized spacial score (nSPS) is 16.8. The van der Waals surface area contributed by atoms with Gasteiger partial charge in [0.25, 0.3) is 6.43 Å². The van der Waals surface area contributed by atoms with Crippen LogP contribution in [0.3, 0.4) is 0 Å². The van der Waals surface area contributed by atoms with Crippen LogP contribution < -0.4 is 10.2 Å². The van der Waals surface area contributed by atoms with Gasteiger partial charge in [-0.15, -0.1) is 0 Å². The van der Waals surface area contributed by atoms with Crippen molar-refractivity contribution in [2.24, 2.45) is 5.92 Å². The average molecular weight is 333 g/mol. The van der Waals surface area contributed by atoms with Crippen molar-refractivity contribution >= 4 is 17.4 Å². The van der Waals surface area contributed by atoms with Gasteiger partial charge in [-0.05, 0) is 18.2 Å². The Morgan fingerprint density at radius 1 is 1.42 bits per heavy atom. The molecule has 0 radical (unpaired) electrons. The first-order valence-electron chi connectivity index (χ1n) is 7.52. The highest BCUT2D eigenvalue weighted by atomic mass is 19.3. The number of carbonyl (C=O) groups excluding carboxylic acids is 1. The van der Waals surface area contributed by atoms with Crippen molar-refractivity contribution in [1.29, 1.82) is 0 Å². The highest BCUT2D eigenvalue weighted by Gasteiger charge is 2.26. The summed E-state index contributed by atoms with van der Waals surface area (Å²) in [5, 5.41) is 7.06. The Hall–Kier alpha value is -2.77. The van der Waals surface area contributed by atoms with E-state index in [2.05, 4.69) is 22.0 Å². The molecule has 1 atom stereocenters. The maximum atomic E-state index is 12.7. The first kappa shape index (κ1) is 16.1. The van der Waals surface area contributed by atoms with Gasteiger partial charge < -0.3 is 10.2 Å². The van der Waals surface area contributed by atoms with Crippen molar-refractivity contribution < 1.29 is 13.6 Å². The van der Waals surface area contributed by atoms with Gasteiger partial charge in [0.2, 0.25) is 5.91 Å². The number of rotatable bonds is 5. The van der Waals surface area contributed by atoms with Gasteiger partial charge in [-0.2, -0.15) is 5.10 Å². The van der Waals surface area contributed by atoms with Crippen LogP contribution in [0.1, 0.15) is 12.1 Å². The monoisotopic (exact) mass is 333 g/mol. The first-order chi connectivity index (χ1) is 11.6. The lowest BCUT2D eigenvalue weighted by molar-refractivity contribution is -0.116. The van der Waals surface area contributed by atoms with E-state index in [0.717, 1.165) is 5.82 Å². The lowest BCUT2D eigenvalue weighted by Crippen LogP contribution is -2.41. The third kappa shape index (κ3) is 3.27. The maximum absolute atomic E-state index is 12.7. The molecule has 1 aliphatic rings. The third-order valence-electron chi connectivity index (χ3n) is 3.90. The quantitative estimate of drug-likeness (QED) is 0.853. The Bertz CT molecular complexity index is 728. The topological polar surface area (TPSA) is 63.1 Å². The average Bonchev–Trinajstić information content (AvgIpc) is 3.07. The highest BCUT2D eigenvalue weighted by molar-refractivity contribution is 5.86. The number of alkyl halides is 2. The van der Waals surface area contributed by atoms with E-state index in [4.69, 9.17) is 0 Å². The first-order valence-corrected chi connectivity index (χ1v) is 7.52.